The second-order valence-electron chi connectivity index (χ2n) is 6.02. The second-order valence-corrected chi connectivity index (χ2v) is 6.02. The van der Waals surface area contributed by atoms with Crippen molar-refractivity contribution in [2.75, 3.05) is 0 Å². The summed E-state index contributed by atoms with van der Waals surface area (Å²) in [6, 6.07) is 0.213. The monoisotopic (exact) mass is 249 g/mol. The highest BCUT2D eigenvalue weighted by atomic mass is 15.6. The minimum absolute atomic E-state index is 0.213. The van der Waals surface area contributed by atoms with Crippen LogP contribution in [-0.2, 0) is 13.5 Å². The Morgan fingerprint density at radius 3 is 2.22 bits per heavy atom. The Morgan fingerprint density at radius 2 is 1.83 bits per heavy atom. The highest BCUT2D eigenvalue weighted by Gasteiger charge is 2.39. The first-order chi connectivity index (χ1) is 8.74. The molecule has 2 aliphatic carbocycles. The van der Waals surface area contributed by atoms with Gasteiger partial charge in [0.25, 0.3) is 0 Å². The van der Waals surface area contributed by atoms with Crippen molar-refractivity contribution in [1.82, 2.24) is 20.2 Å². The molecule has 5 nitrogen and oxygen atoms in total. The third-order valence-corrected chi connectivity index (χ3v) is 4.85. The van der Waals surface area contributed by atoms with E-state index in [-0.39, 0.29) is 6.04 Å². The quantitative estimate of drug-likeness (QED) is 0.854. The van der Waals surface area contributed by atoms with Crippen LogP contribution in [-0.4, -0.2) is 26.2 Å². The minimum atomic E-state index is 0.213. The summed E-state index contributed by atoms with van der Waals surface area (Å²) in [5, 5.41) is 12.2. The average molecular weight is 249 g/mol. The smallest absolute Gasteiger partial charge is 0.176 e. The fraction of sp³-hybridized carbons (Fsp3) is 0.923. The number of aryl methyl sites for hydroxylation is 1. The molecule has 100 valence electrons. The molecule has 0 saturated heterocycles. The van der Waals surface area contributed by atoms with Crippen molar-refractivity contribution in [3.8, 4) is 0 Å². The number of nitrogens with zero attached hydrogens (tertiary/aromatic N) is 4. The molecular weight excluding hydrogens is 226 g/mol. The zero-order chi connectivity index (χ0) is 12.5. The van der Waals surface area contributed by atoms with Crippen molar-refractivity contribution < 1.29 is 0 Å². The van der Waals surface area contributed by atoms with E-state index in [1.54, 1.807) is 7.05 Å². The SMILES string of the molecule is Cn1nnc(CC(N)C(C2CCC2)C2CCC2)n1. The normalized spacial score (nSPS) is 22.8. The maximum Gasteiger partial charge on any atom is 0.176 e. The van der Waals surface area contributed by atoms with Crippen LogP contribution in [0.1, 0.15) is 44.3 Å². The van der Waals surface area contributed by atoms with Gasteiger partial charge in [0, 0.05) is 12.5 Å². The van der Waals surface area contributed by atoms with E-state index in [1.165, 1.54) is 43.3 Å². The Labute approximate surface area is 108 Å². The molecule has 1 atom stereocenters. The first kappa shape index (κ1) is 12.1. The molecule has 2 saturated carbocycles. The van der Waals surface area contributed by atoms with Gasteiger partial charge in [-0.25, -0.2) is 0 Å². The van der Waals surface area contributed by atoms with Crippen LogP contribution in [0.2, 0.25) is 0 Å². The van der Waals surface area contributed by atoms with E-state index in [0.29, 0.717) is 5.92 Å². The molecule has 3 rings (SSSR count). The van der Waals surface area contributed by atoms with E-state index in [4.69, 9.17) is 5.73 Å². The Hall–Kier alpha value is -0.970. The number of rotatable bonds is 5. The third-order valence-electron chi connectivity index (χ3n) is 4.85. The van der Waals surface area contributed by atoms with Crippen molar-refractivity contribution in [2.24, 2.45) is 30.5 Å². The maximum absolute atomic E-state index is 6.46. The Morgan fingerprint density at radius 1 is 1.22 bits per heavy atom. The lowest BCUT2D eigenvalue weighted by atomic mass is 9.62. The van der Waals surface area contributed by atoms with Crippen molar-refractivity contribution in [2.45, 2.75) is 51.0 Å². The van der Waals surface area contributed by atoms with E-state index in [2.05, 4.69) is 15.4 Å². The lowest BCUT2D eigenvalue weighted by Gasteiger charge is -2.45. The van der Waals surface area contributed by atoms with Crippen LogP contribution in [0, 0.1) is 17.8 Å². The van der Waals surface area contributed by atoms with Gasteiger partial charge in [0.2, 0.25) is 0 Å². The summed E-state index contributed by atoms with van der Waals surface area (Å²) in [7, 11) is 1.80. The molecule has 0 bridgehead atoms. The van der Waals surface area contributed by atoms with Crippen LogP contribution in [0.5, 0.6) is 0 Å². The Bertz CT molecular complexity index is 380. The van der Waals surface area contributed by atoms with Crippen molar-refractivity contribution in [3.63, 3.8) is 0 Å². The molecule has 2 aliphatic rings. The Kier molecular flexibility index (Phi) is 3.33. The van der Waals surface area contributed by atoms with Gasteiger partial charge in [-0.1, -0.05) is 38.5 Å². The highest BCUT2D eigenvalue weighted by molar-refractivity contribution is 4.95. The molecular formula is C13H23N5. The molecule has 0 spiro atoms. The van der Waals surface area contributed by atoms with Gasteiger partial charge in [-0.05, 0) is 23.0 Å². The van der Waals surface area contributed by atoms with Crippen molar-refractivity contribution in [1.29, 1.82) is 0 Å². The van der Waals surface area contributed by atoms with Gasteiger partial charge in [0.1, 0.15) is 0 Å². The fourth-order valence-electron chi connectivity index (χ4n) is 3.49. The van der Waals surface area contributed by atoms with Gasteiger partial charge < -0.3 is 5.73 Å². The molecule has 2 fully saturated rings. The van der Waals surface area contributed by atoms with Gasteiger partial charge in [0.05, 0.1) is 7.05 Å². The molecule has 1 aromatic rings. The summed E-state index contributed by atoms with van der Waals surface area (Å²) in [5.41, 5.74) is 6.46. The predicted octanol–water partition coefficient (Wildman–Crippen LogP) is 1.30. The van der Waals surface area contributed by atoms with Crippen LogP contribution in [0.4, 0.5) is 0 Å². The number of hydrogen-bond acceptors (Lipinski definition) is 4. The van der Waals surface area contributed by atoms with Gasteiger partial charge in [0.15, 0.2) is 5.82 Å². The first-order valence-corrected chi connectivity index (χ1v) is 7.22. The average Bonchev–Trinajstić information content (AvgIpc) is 2.57. The van der Waals surface area contributed by atoms with Crippen LogP contribution in [0.3, 0.4) is 0 Å². The van der Waals surface area contributed by atoms with Crippen LogP contribution >= 0.6 is 0 Å². The van der Waals surface area contributed by atoms with Crippen LogP contribution in [0.15, 0.2) is 0 Å². The summed E-state index contributed by atoms with van der Waals surface area (Å²) < 4.78 is 0. The minimum Gasteiger partial charge on any atom is -0.327 e. The lowest BCUT2D eigenvalue weighted by Crippen LogP contribution is -2.45. The number of aromatic nitrogens is 4. The predicted molar refractivity (Wildman–Crippen MR) is 68.6 cm³/mol. The van der Waals surface area contributed by atoms with Crippen molar-refractivity contribution in [3.05, 3.63) is 5.82 Å². The van der Waals surface area contributed by atoms with Crippen molar-refractivity contribution >= 4 is 0 Å². The molecule has 0 aliphatic heterocycles. The van der Waals surface area contributed by atoms with Crippen LogP contribution < -0.4 is 5.73 Å². The molecule has 0 amide bonds. The van der Waals surface area contributed by atoms with E-state index in [0.717, 1.165) is 24.1 Å². The largest absolute Gasteiger partial charge is 0.327 e. The molecule has 0 radical (unpaired) electrons. The molecule has 0 aromatic carbocycles. The van der Waals surface area contributed by atoms with E-state index in [1.807, 2.05) is 0 Å². The van der Waals surface area contributed by atoms with Crippen LogP contribution in [0.25, 0.3) is 0 Å². The lowest BCUT2D eigenvalue weighted by molar-refractivity contribution is 0.0709. The van der Waals surface area contributed by atoms with Gasteiger partial charge in [-0.2, -0.15) is 4.80 Å². The molecule has 5 heteroatoms. The van der Waals surface area contributed by atoms with E-state index < -0.39 is 0 Å². The highest BCUT2D eigenvalue weighted by Crippen LogP contribution is 2.45. The molecule has 1 heterocycles. The standard InChI is InChI=1S/C13H23N5/c1-18-16-12(15-17-18)8-11(14)13(9-4-2-5-9)10-6-3-7-10/h9-11,13H,2-8,14H2,1H3. The molecule has 2 N–H and O–H groups in total. The summed E-state index contributed by atoms with van der Waals surface area (Å²) in [5.74, 6) is 3.22. The molecule has 1 unspecified atom stereocenters. The summed E-state index contributed by atoms with van der Waals surface area (Å²) >= 11 is 0. The summed E-state index contributed by atoms with van der Waals surface area (Å²) in [6.45, 7) is 0. The molecule has 18 heavy (non-hydrogen) atoms. The fourth-order valence-corrected chi connectivity index (χ4v) is 3.49. The maximum atomic E-state index is 6.46. The van der Waals surface area contributed by atoms with E-state index in [9.17, 15) is 0 Å². The number of nitrogens with two attached hydrogens (primary N) is 1. The van der Waals surface area contributed by atoms with Gasteiger partial charge in [-0.3, -0.25) is 0 Å². The number of hydrogen-bond donors (Lipinski definition) is 1. The van der Waals surface area contributed by atoms with Gasteiger partial charge in [-0.15, -0.1) is 10.2 Å². The second kappa shape index (κ2) is 4.96. The first-order valence-electron chi connectivity index (χ1n) is 7.22. The number of tetrazole rings is 1. The summed E-state index contributed by atoms with van der Waals surface area (Å²) in [4.78, 5) is 1.52. The van der Waals surface area contributed by atoms with Gasteiger partial charge >= 0.3 is 0 Å². The zero-order valence-corrected chi connectivity index (χ0v) is 11.1. The molecule has 1 aromatic heterocycles. The Balaban J connectivity index is 1.65. The zero-order valence-electron chi connectivity index (χ0n) is 11.1. The summed E-state index contributed by atoms with van der Waals surface area (Å²) in [6.07, 6.45) is 9.08. The topological polar surface area (TPSA) is 69.6 Å². The van der Waals surface area contributed by atoms with E-state index >= 15 is 0 Å². The third kappa shape index (κ3) is 2.28.